The lowest BCUT2D eigenvalue weighted by molar-refractivity contribution is -0.134. The van der Waals surface area contributed by atoms with Crippen molar-refractivity contribution in [3.63, 3.8) is 0 Å². The summed E-state index contributed by atoms with van der Waals surface area (Å²) in [7, 11) is 0. The number of hydrogen-bond donors (Lipinski definition) is 1. The highest BCUT2D eigenvalue weighted by atomic mass is 32.1. The van der Waals surface area contributed by atoms with Gasteiger partial charge in [0, 0.05) is 36.9 Å². The molecule has 2 amide bonds. The summed E-state index contributed by atoms with van der Waals surface area (Å²) in [5.41, 5.74) is 0. The molecular weight excluding hydrogens is 300 g/mol. The zero-order valence-corrected chi connectivity index (χ0v) is 13.7. The number of carbonyl (C=O) groups is 3. The number of rotatable bonds is 6. The monoisotopic (exact) mass is 322 g/mol. The van der Waals surface area contributed by atoms with Crippen molar-refractivity contribution in [3.8, 4) is 0 Å². The minimum atomic E-state index is 0.0403. The van der Waals surface area contributed by atoms with Crippen LogP contribution in [-0.2, 0) is 20.8 Å². The number of hydrogen-bond acceptors (Lipinski definition) is 4. The molecule has 6 heteroatoms. The van der Waals surface area contributed by atoms with E-state index in [0.717, 1.165) is 17.7 Å². The van der Waals surface area contributed by atoms with E-state index < -0.39 is 0 Å². The van der Waals surface area contributed by atoms with Gasteiger partial charge in [0.1, 0.15) is 5.78 Å². The predicted octanol–water partition coefficient (Wildman–Crippen LogP) is 1.77. The second kappa shape index (κ2) is 8.08. The average Bonchev–Trinajstić information content (AvgIpc) is 2.98. The molecule has 0 aromatic carbocycles. The van der Waals surface area contributed by atoms with Gasteiger partial charge in [-0.25, -0.2) is 0 Å². The Labute approximate surface area is 134 Å². The summed E-state index contributed by atoms with van der Waals surface area (Å²) < 4.78 is 0. The topological polar surface area (TPSA) is 66.5 Å². The van der Waals surface area contributed by atoms with Gasteiger partial charge in [-0.15, -0.1) is 11.3 Å². The molecule has 1 fully saturated rings. The van der Waals surface area contributed by atoms with E-state index in [-0.39, 0.29) is 23.6 Å². The van der Waals surface area contributed by atoms with Gasteiger partial charge in [-0.3, -0.25) is 9.59 Å². The van der Waals surface area contributed by atoms with Gasteiger partial charge in [0.2, 0.25) is 11.8 Å². The van der Waals surface area contributed by atoms with E-state index in [1.807, 2.05) is 17.5 Å². The van der Waals surface area contributed by atoms with Crippen molar-refractivity contribution in [1.82, 2.24) is 10.2 Å². The maximum absolute atomic E-state index is 11.9. The average molecular weight is 322 g/mol. The Hall–Kier alpha value is -1.69. The van der Waals surface area contributed by atoms with Crippen molar-refractivity contribution in [2.75, 3.05) is 13.1 Å². The molecule has 22 heavy (non-hydrogen) atoms. The van der Waals surface area contributed by atoms with E-state index in [9.17, 15) is 14.4 Å². The Morgan fingerprint density at radius 3 is 2.59 bits per heavy atom. The number of Topliss-reactive ketones (excluding diaryl/α,β-unsaturated/α-hetero) is 1. The maximum Gasteiger partial charge on any atom is 0.225 e. The van der Waals surface area contributed by atoms with Crippen molar-refractivity contribution in [1.29, 1.82) is 0 Å². The Morgan fingerprint density at radius 2 is 2.00 bits per heavy atom. The Bertz CT molecular complexity index is 520. The van der Waals surface area contributed by atoms with E-state index in [1.54, 1.807) is 16.2 Å². The Balaban J connectivity index is 1.69. The minimum absolute atomic E-state index is 0.0403. The molecule has 0 radical (unpaired) electrons. The van der Waals surface area contributed by atoms with Gasteiger partial charge in [-0.1, -0.05) is 6.07 Å². The molecule has 0 spiro atoms. The summed E-state index contributed by atoms with van der Waals surface area (Å²) in [6, 6.07) is 4.04. The lowest BCUT2D eigenvalue weighted by Gasteiger charge is -2.32. The Kier molecular flexibility index (Phi) is 6.12. The molecule has 1 aliphatic heterocycles. The largest absolute Gasteiger partial charge is 0.353 e. The van der Waals surface area contributed by atoms with Crippen molar-refractivity contribution in [2.45, 2.75) is 45.1 Å². The second-order valence-electron chi connectivity index (χ2n) is 5.68. The van der Waals surface area contributed by atoms with E-state index in [4.69, 9.17) is 0 Å². The van der Waals surface area contributed by atoms with Gasteiger partial charge in [-0.05, 0) is 31.2 Å². The second-order valence-corrected chi connectivity index (χ2v) is 6.71. The molecule has 0 aliphatic carbocycles. The fraction of sp³-hybridized carbons (Fsp3) is 0.562. The van der Waals surface area contributed by atoms with E-state index in [1.165, 1.54) is 6.92 Å². The number of thiophene rings is 1. The first-order valence-corrected chi connectivity index (χ1v) is 8.51. The van der Waals surface area contributed by atoms with Gasteiger partial charge in [0.15, 0.2) is 0 Å². The van der Waals surface area contributed by atoms with Crippen LogP contribution in [0.2, 0.25) is 0 Å². The number of piperidine rings is 1. The molecule has 1 saturated heterocycles. The van der Waals surface area contributed by atoms with Crippen LogP contribution in [0.5, 0.6) is 0 Å². The fourth-order valence-corrected chi connectivity index (χ4v) is 3.27. The van der Waals surface area contributed by atoms with Gasteiger partial charge in [0.25, 0.3) is 0 Å². The summed E-state index contributed by atoms with van der Waals surface area (Å²) in [6.07, 6.45) is 2.60. The minimum Gasteiger partial charge on any atom is -0.353 e. The highest BCUT2D eigenvalue weighted by molar-refractivity contribution is 7.10. The molecule has 0 unspecified atom stereocenters. The molecular formula is C16H22N2O3S. The molecule has 1 N–H and O–H groups in total. The molecule has 5 nitrogen and oxygen atoms in total. The molecule has 1 aliphatic rings. The summed E-state index contributed by atoms with van der Waals surface area (Å²) >= 11 is 1.58. The first-order valence-electron chi connectivity index (χ1n) is 7.63. The summed E-state index contributed by atoms with van der Waals surface area (Å²) in [6.45, 7) is 2.81. The molecule has 1 aromatic rings. The summed E-state index contributed by atoms with van der Waals surface area (Å²) in [5, 5.41) is 5.01. The van der Waals surface area contributed by atoms with Crippen LogP contribution in [0.15, 0.2) is 17.5 Å². The third-order valence-corrected chi connectivity index (χ3v) is 4.69. The molecule has 0 atom stereocenters. The van der Waals surface area contributed by atoms with Crippen LogP contribution >= 0.6 is 11.3 Å². The number of nitrogens with zero attached hydrogens (tertiary/aromatic N) is 1. The fourth-order valence-electron chi connectivity index (χ4n) is 2.56. The van der Waals surface area contributed by atoms with Crippen LogP contribution < -0.4 is 5.32 Å². The third-order valence-electron chi connectivity index (χ3n) is 3.82. The normalized spacial score (nSPS) is 15.6. The first-order chi connectivity index (χ1) is 10.5. The first kappa shape index (κ1) is 16.7. The van der Waals surface area contributed by atoms with E-state index >= 15 is 0 Å². The van der Waals surface area contributed by atoms with E-state index in [2.05, 4.69) is 5.32 Å². The van der Waals surface area contributed by atoms with Gasteiger partial charge < -0.3 is 15.0 Å². The Morgan fingerprint density at radius 1 is 1.27 bits per heavy atom. The van der Waals surface area contributed by atoms with Crippen LogP contribution in [-0.4, -0.2) is 41.6 Å². The molecule has 0 bridgehead atoms. The van der Waals surface area contributed by atoms with Crippen molar-refractivity contribution < 1.29 is 14.4 Å². The lowest BCUT2D eigenvalue weighted by atomic mass is 10.0. The third kappa shape index (κ3) is 5.26. The molecule has 1 aromatic heterocycles. The van der Waals surface area contributed by atoms with Gasteiger partial charge in [-0.2, -0.15) is 0 Å². The van der Waals surface area contributed by atoms with Crippen molar-refractivity contribution >= 4 is 28.9 Å². The summed E-state index contributed by atoms with van der Waals surface area (Å²) in [4.78, 5) is 37.7. The molecule has 0 saturated carbocycles. The standard InChI is InChI=1S/C16H22N2O3S/c1-12(19)4-5-16(21)18-8-6-13(7-9-18)17-15(20)11-14-3-2-10-22-14/h2-3,10,13H,4-9,11H2,1H3,(H,17,20). The number of amides is 2. The number of ketones is 1. The molecule has 2 heterocycles. The number of likely N-dealkylation sites (tertiary alicyclic amines) is 1. The highest BCUT2D eigenvalue weighted by Crippen LogP contribution is 2.14. The maximum atomic E-state index is 11.9. The highest BCUT2D eigenvalue weighted by Gasteiger charge is 2.23. The summed E-state index contributed by atoms with van der Waals surface area (Å²) in [5.74, 6) is 0.131. The zero-order chi connectivity index (χ0) is 15.9. The van der Waals surface area contributed by atoms with Crippen molar-refractivity contribution in [2.24, 2.45) is 0 Å². The quantitative estimate of drug-likeness (QED) is 0.868. The predicted molar refractivity (Wildman–Crippen MR) is 85.7 cm³/mol. The lowest BCUT2D eigenvalue weighted by Crippen LogP contribution is -2.46. The van der Waals surface area contributed by atoms with Gasteiger partial charge >= 0.3 is 0 Å². The molecule has 120 valence electrons. The van der Waals surface area contributed by atoms with Crippen LogP contribution in [0.1, 0.15) is 37.5 Å². The smallest absolute Gasteiger partial charge is 0.225 e. The van der Waals surface area contributed by atoms with Crippen molar-refractivity contribution in [3.05, 3.63) is 22.4 Å². The molecule has 2 rings (SSSR count). The number of carbonyl (C=O) groups excluding carboxylic acids is 3. The van der Waals surface area contributed by atoms with Crippen LogP contribution in [0.4, 0.5) is 0 Å². The number of nitrogens with one attached hydrogen (secondary N) is 1. The SMILES string of the molecule is CC(=O)CCC(=O)N1CCC(NC(=O)Cc2cccs2)CC1. The van der Waals surface area contributed by atoms with Crippen LogP contribution in [0.25, 0.3) is 0 Å². The van der Waals surface area contributed by atoms with Gasteiger partial charge in [0.05, 0.1) is 6.42 Å². The van der Waals surface area contributed by atoms with E-state index in [0.29, 0.717) is 32.4 Å². The zero-order valence-electron chi connectivity index (χ0n) is 12.8. The van der Waals surface area contributed by atoms with Crippen LogP contribution in [0, 0.1) is 0 Å². The van der Waals surface area contributed by atoms with Crippen LogP contribution in [0.3, 0.4) is 0 Å².